The van der Waals surface area contributed by atoms with Crippen molar-refractivity contribution in [2.45, 2.75) is 51.9 Å². The van der Waals surface area contributed by atoms with Crippen molar-refractivity contribution in [2.24, 2.45) is 0 Å². The van der Waals surface area contributed by atoms with Gasteiger partial charge in [0.05, 0.1) is 0 Å². The van der Waals surface area contributed by atoms with E-state index < -0.39 is 7.94 Å². The summed E-state index contributed by atoms with van der Waals surface area (Å²) in [6, 6.07) is 12.0. The second kappa shape index (κ2) is 12.6. The number of benzene rings is 1. The first-order chi connectivity index (χ1) is 9.06. The summed E-state index contributed by atoms with van der Waals surface area (Å²) in [7, 11) is -3.48. The maximum Gasteiger partial charge on any atom is 0.403 e. The summed E-state index contributed by atoms with van der Waals surface area (Å²) >= 11 is 0. The lowest BCUT2D eigenvalue weighted by atomic mass is 10.1. The standard InChI is InChI=1S/C9H22O3P.C6H6/c1-2-3-4-5-6-7-8-9-13(10,11)12;1-2-4-6-5-3-1/h10-12H,2-9H2,1H3;1-6H/q+1;. The maximum absolute atomic E-state index is 8.68. The molecule has 1 aromatic carbocycles. The molecule has 0 saturated carbocycles. The van der Waals surface area contributed by atoms with Crippen LogP contribution in [0.1, 0.15) is 51.9 Å². The van der Waals surface area contributed by atoms with Gasteiger partial charge in [0.1, 0.15) is 6.16 Å². The van der Waals surface area contributed by atoms with Crippen LogP contribution in [0, 0.1) is 0 Å². The van der Waals surface area contributed by atoms with Crippen molar-refractivity contribution in [1.29, 1.82) is 0 Å². The molecule has 1 rings (SSSR count). The predicted molar refractivity (Wildman–Crippen MR) is 82.9 cm³/mol. The van der Waals surface area contributed by atoms with E-state index in [1.807, 2.05) is 36.4 Å². The van der Waals surface area contributed by atoms with Crippen LogP contribution in [-0.4, -0.2) is 20.8 Å². The van der Waals surface area contributed by atoms with Crippen LogP contribution in [0.5, 0.6) is 0 Å². The largest absolute Gasteiger partial charge is 0.403 e. The van der Waals surface area contributed by atoms with Crippen molar-refractivity contribution < 1.29 is 14.7 Å². The van der Waals surface area contributed by atoms with Gasteiger partial charge in [0, 0.05) is 0 Å². The summed E-state index contributed by atoms with van der Waals surface area (Å²) in [5.74, 6) is 0. The molecule has 0 saturated heterocycles. The predicted octanol–water partition coefficient (Wildman–Crippen LogP) is 4.16. The fourth-order valence-corrected chi connectivity index (χ4v) is 2.31. The molecule has 0 fully saturated rings. The third-order valence-electron chi connectivity index (χ3n) is 2.73. The van der Waals surface area contributed by atoms with Crippen molar-refractivity contribution in [3.63, 3.8) is 0 Å². The first kappa shape index (κ1) is 18.5. The minimum absolute atomic E-state index is 0.167. The molecule has 0 aromatic heterocycles. The van der Waals surface area contributed by atoms with Gasteiger partial charge in [0.15, 0.2) is 0 Å². The molecular formula is C15H28O3P+. The van der Waals surface area contributed by atoms with Crippen LogP contribution in [0.2, 0.25) is 0 Å². The Balaban J connectivity index is 0.000000443. The number of hydrogen-bond acceptors (Lipinski definition) is 3. The number of hydrogen-bond donors (Lipinski definition) is 3. The Labute approximate surface area is 117 Å². The molecule has 0 radical (unpaired) electrons. The van der Waals surface area contributed by atoms with Crippen LogP contribution in [0.25, 0.3) is 0 Å². The van der Waals surface area contributed by atoms with E-state index in [1.165, 1.54) is 25.7 Å². The van der Waals surface area contributed by atoms with Crippen LogP contribution in [-0.2, 0) is 0 Å². The topological polar surface area (TPSA) is 60.7 Å². The van der Waals surface area contributed by atoms with E-state index in [-0.39, 0.29) is 6.16 Å². The Bertz CT molecular complexity index is 246. The van der Waals surface area contributed by atoms with Crippen LogP contribution in [0.3, 0.4) is 0 Å². The normalized spacial score (nSPS) is 10.7. The quantitative estimate of drug-likeness (QED) is 0.497. The molecular weight excluding hydrogens is 259 g/mol. The van der Waals surface area contributed by atoms with Crippen molar-refractivity contribution in [3.05, 3.63) is 36.4 Å². The summed E-state index contributed by atoms with van der Waals surface area (Å²) in [5, 5.41) is 0. The maximum atomic E-state index is 8.68. The zero-order valence-electron chi connectivity index (χ0n) is 11.9. The molecule has 0 bridgehead atoms. The van der Waals surface area contributed by atoms with Crippen LogP contribution in [0.15, 0.2) is 36.4 Å². The van der Waals surface area contributed by atoms with Crippen molar-refractivity contribution in [1.82, 2.24) is 0 Å². The van der Waals surface area contributed by atoms with Gasteiger partial charge in [-0.15, -0.1) is 0 Å². The molecule has 0 heterocycles. The van der Waals surface area contributed by atoms with Gasteiger partial charge < -0.3 is 0 Å². The van der Waals surface area contributed by atoms with Gasteiger partial charge in [-0.05, 0) is 12.8 Å². The molecule has 0 spiro atoms. The summed E-state index contributed by atoms with van der Waals surface area (Å²) < 4.78 is 0. The molecule has 0 aliphatic rings. The van der Waals surface area contributed by atoms with Crippen molar-refractivity contribution in [2.75, 3.05) is 6.16 Å². The Morgan fingerprint density at radius 1 is 0.632 bits per heavy atom. The van der Waals surface area contributed by atoms with Crippen molar-refractivity contribution in [3.8, 4) is 0 Å². The summed E-state index contributed by atoms with van der Waals surface area (Å²) in [4.78, 5) is 26.0. The van der Waals surface area contributed by atoms with Gasteiger partial charge in [-0.1, -0.05) is 75.4 Å². The molecule has 0 aliphatic heterocycles. The van der Waals surface area contributed by atoms with Crippen LogP contribution >= 0.6 is 7.94 Å². The fraction of sp³-hybridized carbons (Fsp3) is 0.600. The fourth-order valence-electron chi connectivity index (χ4n) is 1.67. The monoisotopic (exact) mass is 287 g/mol. The van der Waals surface area contributed by atoms with Crippen molar-refractivity contribution >= 4 is 7.94 Å². The summed E-state index contributed by atoms with van der Waals surface area (Å²) in [5.41, 5.74) is 0. The van der Waals surface area contributed by atoms with E-state index in [0.717, 1.165) is 19.3 Å². The summed E-state index contributed by atoms with van der Waals surface area (Å²) in [6.07, 6.45) is 8.06. The van der Waals surface area contributed by atoms with E-state index >= 15 is 0 Å². The molecule has 4 heteroatoms. The van der Waals surface area contributed by atoms with Crippen LogP contribution < -0.4 is 0 Å². The smallest absolute Gasteiger partial charge is 0.193 e. The Kier molecular flexibility index (Phi) is 12.2. The molecule has 1 aromatic rings. The van der Waals surface area contributed by atoms with Gasteiger partial charge in [-0.3, -0.25) is 0 Å². The molecule has 0 atom stereocenters. The number of unbranched alkanes of at least 4 members (excludes halogenated alkanes) is 6. The lowest BCUT2D eigenvalue weighted by Gasteiger charge is -2.03. The minimum Gasteiger partial charge on any atom is -0.193 e. The molecule has 110 valence electrons. The second-order valence-corrected chi connectivity index (χ2v) is 6.52. The lowest BCUT2D eigenvalue weighted by Crippen LogP contribution is -1.94. The molecule has 3 nitrogen and oxygen atoms in total. The highest BCUT2D eigenvalue weighted by atomic mass is 31.2. The highest BCUT2D eigenvalue weighted by molar-refractivity contribution is 7.58. The van der Waals surface area contributed by atoms with E-state index in [9.17, 15) is 0 Å². The number of rotatable bonds is 8. The molecule has 0 aliphatic carbocycles. The SMILES string of the molecule is CCCCCCCCC[P+](O)(O)O.c1ccccc1. The van der Waals surface area contributed by atoms with Gasteiger partial charge in [0.2, 0.25) is 0 Å². The Hall–Kier alpha value is -0.470. The second-order valence-electron chi connectivity index (χ2n) is 4.69. The van der Waals surface area contributed by atoms with Gasteiger partial charge >= 0.3 is 7.94 Å². The lowest BCUT2D eigenvalue weighted by molar-refractivity contribution is 0.328. The van der Waals surface area contributed by atoms with Gasteiger partial charge in [0.25, 0.3) is 0 Å². The zero-order chi connectivity index (χ0) is 14.4. The van der Waals surface area contributed by atoms with Gasteiger partial charge in [-0.2, -0.15) is 14.7 Å². The third kappa shape index (κ3) is 17.5. The summed E-state index contributed by atoms with van der Waals surface area (Å²) in [6.45, 7) is 2.18. The average Bonchev–Trinajstić information content (AvgIpc) is 2.39. The zero-order valence-corrected chi connectivity index (χ0v) is 12.8. The van der Waals surface area contributed by atoms with E-state index in [0.29, 0.717) is 0 Å². The van der Waals surface area contributed by atoms with E-state index in [4.69, 9.17) is 14.7 Å². The third-order valence-corrected chi connectivity index (χ3v) is 3.64. The van der Waals surface area contributed by atoms with Gasteiger partial charge in [-0.25, -0.2) is 0 Å². The molecule has 0 amide bonds. The highest BCUT2D eigenvalue weighted by Crippen LogP contribution is 2.45. The van der Waals surface area contributed by atoms with Crippen LogP contribution in [0.4, 0.5) is 0 Å². The highest BCUT2D eigenvalue weighted by Gasteiger charge is 2.27. The first-order valence-electron chi connectivity index (χ1n) is 7.12. The average molecular weight is 287 g/mol. The van der Waals surface area contributed by atoms with E-state index in [1.54, 1.807) is 0 Å². The molecule has 19 heavy (non-hydrogen) atoms. The molecule has 3 N–H and O–H groups in total. The Morgan fingerprint density at radius 3 is 1.37 bits per heavy atom. The Morgan fingerprint density at radius 2 is 1.00 bits per heavy atom. The first-order valence-corrected chi connectivity index (χ1v) is 8.96. The minimum atomic E-state index is -3.48. The van der Waals surface area contributed by atoms with E-state index in [2.05, 4.69) is 6.92 Å². The molecule has 0 unspecified atom stereocenters.